The van der Waals surface area contributed by atoms with Gasteiger partial charge >= 0.3 is 6.18 Å². The normalized spacial score (nSPS) is 16.9. The third-order valence-electron chi connectivity index (χ3n) is 3.82. The molecule has 1 saturated heterocycles. The topological polar surface area (TPSA) is 43.2 Å². The molecule has 120 valence electrons. The van der Waals surface area contributed by atoms with Gasteiger partial charge in [0.25, 0.3) is 0 Å². The maximum absolute atomic E-state index is 12.8. The highest BCUT2D eigenvalue weighted by Gasteiger charge is 2.34. The van der Waals surface area contributed by atoms with E-state index < -0.39 is 11.9 Å². The average molecular weight is 312 g/mol. The molecule has 0 unspecified atom stereocenters. The molecule has 1 fully saturated rings. The summed E-state index contributed by atoms with van der Waals surface area (Å²) in [6, 6.07) is 4.00. The summed E-state index contributed by atoms with van der Waals surface area (Å²) in [4.78, 5) is 7.60. The number of alkyl halides is 3. The summed E-state index contributed by atoms with van der Waals surface area (Å²) in [5, 5.41) is 9.11. The molecule has 0 radical (unpaired) electrons. The van der Waals surface area contributed by atoms with Gasteiger partial charge in [-0.1, -0.05) is 0 Å². The molecule has 0 N–H and O–H groups in total. The minimum absolute atomic E-state index is 0.153. The van der Waals surface area contributed by atoms with Crippen molar-refractivity contribution in [2.45, 2.75) is 19.0 Å². The first-order valence-corrected chi connectivity index (χ1v) is 7.19. The fraction of sp³-hybridized carbons (Fsp3) is 0.600. The Kier molecular flexibility index (Phi) is 4.91. The fourth-order valence-electron chi connectivity index (χ4n) is 2.78. The molecule has 1 aromatic rings. The zero-order chi connectivity index (χ0) is 16.3. The number of aromatic nitrogens is 1. The van der Waals surface area contributed by atoms with Crippen molar-refractivity contribution in [1.82, 2.24) is 9.88 Å². The molecule has 22 heavy (non-hydrogen) atoms. The summed E-state index contributed by atoms with van der Waals surface area (Å²) in [6.07, 6.45) is -2.71. The van der Waals surface area contributed by atoms with E-state index in [9.17, 15) is 13.2 Å². The van der Waals surface area contributed by atoms with Gasteiger partial charge in [-0.15, -0.1) is 0 Å². The van der Waals surface area contributed by atoms with Crippen molar-refractivity contribution in [3.05, 3.63) is 23.4 Å². The summed E-state index contributed by atoms with van der Waals surface area (Å²) in [6.45, 7) is 2.22. The predicted molar refractivity (Wildman–Crippen MR) is 77.4 cm³/mol. The van der Waals surface area contributed by atoms with Crippen molar-refractivity contribution in [3.63, 3.8) is 0 Å². The van der Waals surface area contributed by atoms with E-state index >= 15 is 0 Å². The van der Waals surface area contributed by atoms with Gasteiger partial charge in [-0.2, -0.15) is 18.4 Å². The number of nitriles is 1. The van der Waals surface area contributed by atoms with Crippen LogP contribution in [0.1, 0.15) is 24.1 Å². The van der Waals surface area contributed by atoms with Crippen LogP contribution < -0.4 is 4.90 Å². The van der Waals surface area contributed by atoms with Crippen LogP contribution in [0.4, 0.5) is 19.0 Å². The Hall–Kier alpha value is -1.81. The van der Waals surface area contributed by atoms with Crippen molar-refractivity contribution in [1.29, 1.82) is 5.26 Å². The molecule has 0 aliphatic carbocycles. The molecule has 7 heteroatoms. The lowest BCUT2D eigenvalue weighted by molar-refractivity contribution is -0.141. The molecule has 1 aliphatic rings. The first kappa shape index (κ1) is 16.6. The molecule has 4 nitrogen and oxygen atoms in total. The quantitative estimate of drug-likeness (QED) is 0.861. The Morgan fingerprint density at radius 2 is 1.95 bits per heavy atom. The Balaban J connectivity index is 2.17. The molecule has 0 bridgehead atoms. The van der Waals surface area contributed by atoms with E-state index in [1.54, 1.807) is 4.90 Å². The lowest BCUT2D eigenvalue weighted by Crippen LogP contribution is -2.38. The monoisotopic (exact) mass is 312 g/mol. The van der Waals surface area contributed by atoms with Crippen LogP contribution in [0.3, 0.4) is 0 Å². The Bertz CT molecular complexity index is 555. The molecule has 1 aromatic heterocycles. The van der Waals surface area contributed by atoms with Crippen LogP contribution in [0, 0.1) is 17.2 Å². The highest BCUT2D eigenvalue weighted by Crippen LogP contribution is 2.31. The van der Waals surface area contributed by atoms with E-state index in [4.69, 9.17) is 5.26 Å². The number of hydrogen-bond donors (Lipinski definition) is 0. The number of pyridine rings is 1. The van der Waals surface area contributed by atoms with Crippen molar-refractivity contribution >= 4 is 5.82 Å². The molecular formula is C15H19F3N4. The molecule has 2 rings (SSSR count). The van der Waals surface area contributed by atoms with Gasteiger partial charge in [-0.3, -0.25) is 0 Å². The number of anilines is 1. The van der Waals surface area contributed by atoms with Gasteiger partial charge in [0.05, 0.1) is 5.56 Å². The summed E-state index contributed by atoms with van der Waals surface area (Å²) in [5.74, 6) is 0.684. The minimum atomic E-state index is -4.49. The molecule has 0 aromatic carbocycles. The van der Waals surface area contributed by atoms with Gasteiger partial charge in [0.1, 0.15) is 17.6 Å². The number of hydrogen-bond acceptors (Lipinski definition) is 4. The van der Waals surface area contributed by atoms with E-state index in [1.165, 1.54) is 6.07 Å². The number of rotatable bonds is 3. The second-order valence-corrected chi connectivity index (χ2v) is 5.87. The van der Waals surface area contributed by atoms with Gasteiger partial charge in [0, 0.05) is 19.6 Å². The third kappa shape index (κ3) is 3.89. The van der Waals surface area contributed by atoms with Crippen molar-refractivity contribution in [2.24, 2.45) is 5.92 Å². The van der Waals surface area contributed by atoms with Crippen LogP contribution >= 0.6 is 0 Å². The summed E-state index contributed by atoms with van der Waals surface area (Å²) in [7, 11) is 4.02. The first-order valence-electron chi connectivity index (χ1n) is 7.19. The van der Waals surface area contributed by atoms with Crippen LogP contribution in [-0.2, 0) is 6.18 Å². The highest BCUT2D eigenvalue weighted by atomic mass is 19.4. The lowest BCUT2D eigenvalue weighted by Gasteiger charge is -2.34. The number of halogens is 3. The van der Waals surface area contributed by atoms with E-state index in [0.717, 1.165) is 25.5 Å². The fourth-order valence-corrected chi connectivity index (χ4v) is 2.78. The molecule has 0 atom stereocenters. The Morgan fingerprint density at radius 1 is 1.32 bits per heavy atom. The van der Waals surface area contributed by atoms with E-state index in [2.05, 4.69) is 9.88 Å². The van der Waals surface area contributed by atoms with Crippen molar-refractivity contribution in [3.8, 4) is 6.07 Å². The molecular weight excluding hydrogens is 293 g/mol. The number of piperidine rings is 1. The van der Waals surface area contributed by atoms with Crippen molar-refractivity contribution in [2.75, 3.05) is 38.6 Å². The third-order valence-corrected chi connectivity index (χ3v) is 3.82. The summed E-state index contributed by atoms with van der Waals surface area (Å²) < 4.78 is 38.4. The summed E-state index contributed by atoms with van der Waals surface area (Å²) in [5.41, 5.74) is -0.754. The zero-order valence-corrected chi connectivity index (χ0v) is 12.7. The number of nitrogens with zero attached hydrogens (tertiary/aromatic N) is 4. The molecule has 1 aliphatic heterocycles. The van der Waals surface area contributed by atoms with Crippen LogP contribution in [0.15, 0.2) is 12.1 Å². The first-order chi connectivity index (χ1) is 10.3. The van der Waals surface area contributed by atoms with E-state index in [0.29, 0.717) is 19.0 Å². The van der Waals surface area contributed by atoms with Gasteiger partial charge < -0.3 is 9.80 Å². The van der Waals surface area contributed by atoms with Gasteiger partial charge in [-0.25, -0.2) is 4.98 Å². The lowest BCUT2D eigenvalue weighted by atomic mass is 9.96. The maximum atomic E-state index is 12.8. The van der Waals surface area contributed by atoms with Crippen LogP contribution in [0.2, 0.25) is 0 Å². The highest BCUT2D eigenvalue weighted by molar-refractivity contribution is 5.54. The van der Waals surface area contributed by atoms with E-state index in [-0.39, 0.29) is 11.4 Å². The van der Waals surface area contributed by atoms with Crippen molar-refractivity contribution < 1.29 is 13.2 Å². The molecule has 0 saturated carbocycles. The zero-order valence-electron chi connectivity index (χ0n) is 12.7. The summed E-state index contributed by atoms with van der Waals surface area (Å²) >= 11 is 0. The van der Waals surface area contributed by atoms with Gasteiger partial charge in [-0.05, 0) is 45.0 Å². The van der Waals surface area contributed by atoms with Crippen LogP contribution in [0.25, 0.3) is 0 Å². The largest absolute Gasteiger partial charge is 0.433 e. The molecule has 2 heterocycles. The Labute approximate surface area is 128 Å². The van der Waals surface area contributed by atoms with Crippen LogP contribution in [-0.4, -0.2) is 43.6 Å². The molecule has 0 amide bonds. The van der Waals surface area contributed by atoms with E-state index in [1.807, 2.05) is 20.2 Å². The molecule has 0 spiro atoms. The second-order valence-electron chi connectivity index (χ2n) is 5.87. The minimum Gasteiger partial charge on any atom is -0.355 e. The second kappa shape index (κ2) is 6.53. The van der Waals surface area contributed by atoms with Gasteiger partial charge in [0.2, 0.25) is 0 Å². The SMILES string of the molecule is CN(C)CC1CCN(c2nc(C(F)(F)F)ccc2C#N)CC1. The smallest absolute Gasteiger partial charge is 0.355 e. The Morgan fingerprint density at radius 3 is 2.45 bits per heavy atom. The van der Waals surface area contributed by atoms with Crippen LogP contribution in [0.5, 0.6) is 0 Å². The predicted octanol–water partition coefficient (Wildman–Crippen LogP) is 2.75. The van der Waals surface area contributed by atoms with Gasteiger partial charge in [0.15, 0.2) is 0 Å². The standard InChI is InChI=1S/C15H19F3N4/c1-21(2)10-11-5-7-22(8-6-11)14-12(9-19)3-4-13(20-14)15(16,17)18/h3-4,11H,5-8,10H2,1-2H3. The average Bonchev–Trinajstić information content (AvgIpc) is 2.46. The maximum Gasteiger partial charge on any atom is 0.433 e.